The van der Waals surface area contributed by atoms with Crippen LogP contribution in [0.1, 0.15) is 13.8 Å². The highest BCUT2D eigenvalue weighted by Crippen LogP contribution is 2.25. The number of aliphatic hydroxyl groups is 3. The van der Waals surface area contributed by atoms with E-state index in [2.05, 4.69) is 11.9 Å². The molecule has 2 unspecified atom stereocenters. The van der Waals surface area contributed by atoms with E-state index in [1.807, 2.05) is 13.8 Å². The molecule has 1 amide bonds. The minimum atomic E-state index is -1.31. The predicted octanol–water partition coefficient (Wildman–Crippen LogP) is -0.595. The van der Waals surface area contributed by atoms with E-state index >= 15 is 0 Å². The van der Waals surface area contributed by atoms with Gasteiger partial charge in [-0.1, -0.05) is 26.5 Å². The molecule has 0 aromatic heterocycles. The Balaban J connectivity index is 2.55. The van der Waals surface area contributed by atoms with Gasteiger partial charge in [-0.05, 0) is 5.92 Å². The lowest BCUT2D eigenvalue weighted by atomic mass is 9.89. The van der Waals surface area contributed by atoms with Gasteiger partial charge in [-0.3, -0.25) is 0 Å². The van der Waals surface area contributed by atoms with Crippen LogP contribution in [0.5, 0.6) is 0 Å². The fraction of sp³-hybridized carbons (Fsp3) is 0.769. The Morgan fingerprint density at radius 3 is 2.55 bits per heavy atom. The molecule has 1 heterocycles. The van der Waals surface area contributed by atoms with E-state index in [4.69, 9.17) is 9.47 Å². The maximum atomic E-state index is 11.3. The quantitative estimate of drug-likeness (QED) is 0.504. The van der Waals surface area contributed by atoms with E-state index in [1.54, 1.807) is 0 Å². The van der Waals surface area contributed by atoms with Gasteiger partial charge < -0.3 is 30.1 Å². The summed E-state index contributed by atoms with van der Waals surface area (Å²) in [4.78, 5) is 11.3. The van der Waals surface area contributed by atoms with Crippen LogP contribution >= 0.6 is 0 Å². The van der Waals surface area contributed by atoms with Crippen LogP contribution in [0.4, 0.5) is 4.79 Å². The van der Waals surface area contributed by atoms with E-state index in [-0.39, 0.29) is 19.1 Å². The lowest BCUT2D eigenvalue weighted by Crippen LogP contribution is -2.61. The van der Waals surface area contributed by atoms with E-state index in [1.165, 1.54) is 6.08 Å². The van der Waals surface area contributed by atoms with Crippen LogP contribution in [0.15, 0.2) is 12.7 Å². The molecule has 20 heavy (non-hydrogen) atoms. The van der Waals surface area contributed by atoms with Gasteiger partial charge in [0.05, 0.1) is 6.10 Å². The van der Waals surface area contributed by atoms with Crippen LogP contribution in [-0.4, -0.2) is 65.1 Å². The second kappa shape index (κ2) is 7.58. The Morgan fingerprint density at radius 1 is 1.35 bits per heavy atom. The maximum Gasteiger partial charge on any atom is 0.407 e. The van der Waals surface area contributed by atoms with Crippen molar-refractivity contribution in [2.24, 2.45) is 5.92 Å². The van der Waals surface area contributed by atoms with Gasteiger partial charge in [0.1, 0.15) is 31.0 Å². The number of rotatable bonds is 5. The van der Waals surface area contributed by atoms with Crippen LogP contribution in [0.25, 0.3) is 0 Å². The van der Waals surface area contributed by atoms with E-state index in [0.29, 0.717) is 0 Å². The predicted molar refractivity (Wildman–Crippen MR) is 71.1 cm³/mol. The number of carbonyl (C=O) groups is 1. The third kappa shape index (κ3) is 4.17. The molecule has 1 aliphatic heterocycles. The van der Waals surface area contributed by atoms with Crippen LogP contribution in [0.3, 0.4) is 0 Å². The van der Waals surface area contributed by atoms with Crippen molar-refractivity contribution < 1.29 is 29.6 Å². The fourth-order valence-corrected chi connectivity index (χ4v) is 2.07. The van der Waals surface area contributed by atoms with Crippen LogP contribution in [-0.2, 0) is 9.47 Å². The molecule has 7 nitrogen and oxygen atoms in total. The highest BCUT2D eigenvalue weighted by molar-refractivity contribution is 5.67. The first-order valence-electron chi connectivity index (χ1n) is 6.59. The summed E-state index contributed by atoms with van der Waals surface area (Å²) in [5.41, 5.74) is 0. The van der Waals surface area contributed by atoms with Gasteiger partial charge in [-0.25, -0.2) is 4.79 Å². The minimum absolute atomic E-state index is 0.0237. The minimum Gasteiger partial charge on any atom is -0.445 e. The van der Waals surface area contributed by atoms with Crippen LogP contribution in [0, 0.1) is 5.92 Å². The standard InChI is InChI=1S/C13H23NO6/c1-4-5-19-13(18)14-6-8-9(15)10(16)11(17)12(20-8)7(2)3/h4,7-12,15-17H,1,5-6H2,2-3H3,(H,14,18)/t8?,9-,10+,11?,12+/m1/s1. The number of ether oxygens (including phenoxy) is 2. The lowest BCUT2D eigenvalue weighted by molar-refractivity contribution is -0.229. The van der Waals surface area contributed by atoms with Crippen molar-refractivity contribution in [1.29, 1.82) is 0 Å². The Kier molecular flexibility index (Phi) is 6.41. The molecule has 5 atom stereocenters. The van der Waals surface area contributed by atoms with Crippen molar-refractivity contribution >= 4 is 6.09 Å². The molecular weight excluding hydrogens is 266 g/mol. The topological polar surface area (TPSA) is 108 Å². The van der Waals surface area contributed by atoms with Crippen molar-refractivity contribution in [2.75, 3.05) is 13.2 Å². The zero-order valence-corrected chi connectivity index (χ0v) is 11.7. The largest absolute Gasteiger partial charge is 0.445 e. The molecule has 1 aliphatic rings. The van der Waals surface area contributed by atoms with Crippen molar-refractivity contribution in [3.8, 4) is 0 Å². The molecule has 0 aliphatic carbocycles. The molecule has 0 aromatic rings. The molecular formula is C13H23NO6. The number of alkyl carbamates (subject to hydrolysis) is 1. The number of carbonyl (C=O) groups excluding carboxylic acids is 1. The first-order valence-corrected chi connectivity index (χ1v) is 6.59. The Labute approximate surface area is 118 Å². The molecule has 0 aromatic carbocycles. The van der Waals surface area contributed by atoms with Gasteiger partial charge in [-0.2, -0.15) is 0 Å². The van der Waals surface area contributed by atoms with Gasteiger partial charge in [-0.15, -0.1) is 0 Å². The summed E-state index contributed by atoms with van der Waals surface area (Å²) in [7, 11) is 0. The molecule has 1 saturated heterocycles. The number of nitrogens with one attached hydrogen (secondary N) is 1. The van der Waals surface area contributed by atoms with Crippen LogP contribution < -0.4 is 5.32 Å². The van der Waals surface area contributed by atoms with Crippen LogP contribution in [0.2, 0.25) is 0 Å². The SMILES string of the molecule is C=CCOC(=O)NCC1O[C@@H](C(C)C)C(O)[C@@H](O)[C@@H]1O. The van der Waals surface area contributed by atoms with Crippen molar-refractivity contribution in [3.63, 3.8) is 0 Å². The molecule has 0 spiro atoms. The summed E-state index contributed by atoms with van der Waals surface area (Å²) < 4.78 is 10.3. The van der Waals surface area contributed by atoms with Gasteiger partial charge >= 0.3 is 6.09 Å². The third-order valence-electron chi connectivity index (χ3n) is 3.19. The summed E-state index contributed by atoms with van der Waals surface area (Å²) in [6.45, 7) is 7.14. The summed E-state index contributed by atoms with van der Waals surface area (Å²) in [5, 5.41) is 31.9. The summed E-state index contributed by atoms with van der Waals surface area (Å²) in [5.74, 6) is -0.0395. The first kappa shape index (κ1) is 16.9. The molecule has 7 heteroatoms. The summed E-state index contributed by atoms with van der Waals surface area (Å²) in [6, 6.07) is 0. The van der Waals surface area contributed by atoms with Gasteiger partial charge in [0.25, 0.3) is 0 Å². The second-order valence-electron chi connectivity index (χ2n) is 5.12. The van der Waals surface area contributed by atoms with Gasteiger partial charge in [0.15, 0.2) is 0 Å². The van der Waals surface area contributed by atoms with Crippen molar-refractivity contribution in [2.45, 2.75) is 44.4 Å². The maximum absolute atomic E-state index is 11.3. The Morgan fingerprint density at radius 2 is 2.00 bits per heavy atom. The number of hydrogen-bond acceptors (Lipinski definition) is 6. The van der Waals surface area contributed by atoms with Gasteiger partial charge in [0.2, 0.25) is 0 Å². The van der Waals surface area contributed by atoms with Gasteiger partial charge in [0, 0.05) is 6.54 Å². The molecule has 116 valence electrons. The molecule has 0 radical (unpaired) electrons. The monoisotopic (exact) mass is 289 g/mol. The highest BCUT2D eigenvalue weighted by Gasteiger charge is 2.44. The van der Waals surface area contributed by atoms with E-state index in [9.17, 15) is 20.1 Å². The number of hydrogen-bond donors (Lipinski definition) is 4. The number of amides is 1. The molecule has 4 N–H and O–H groups in total. The third-order valence-corrected chi connectivity index (χ3v) is 3.19. The normalized spacial score (nSPS) is 33.8. The average molecular weight is 289 g/mol. The summed E-state index contributed by atoms with van der Waals surface area (Å²) >= 11 is 0. The molecule has 0 bridgehead atoms. The van der Waals surface area contributed by atoms with Crippen molar-refractivity contribution in [3.05, 3.63) is 12.7 Å². The molecule has 1 rings (SSSR count). The average Bonchev–Trinajstić information content (AvgIpc) is 2.41. The fourth-order valence-electron chi connectivity index (χ4n) is 2.07. The van der Waals surface area contributed by atoms with Crippen molar-refractivity contribution in [1.82, 2.24) is 5.32 Å². The van der Waals surface area contributed by atoms with E-state index < -0.39 is 36.6 Å². The smallest absolute Gasteiger partial charge is 0.407 e. The Hall–Kier alpha value is -1.15. The second-order valence-corrected chi connectivity index (χ2v) is 5.12. The lowest BCUT2D eigenvalue weighted by Gasteiger charge is -2.42. The molecule has 1 fully saturated rings. The zero-order valence-electron chi connectivity index (χ0n) is 11.7. The summed E-state index contributed by atoms with van der Waals surface area (Å²) in [6.07, 6.45) is -4.40. The highest BCUT2D eigenvalue weighted by atomic mass is 16.6. The zero-order chi connectivity index (χ0) is 15.3. The Bertz CT molecular complexity index is 335. The number of aliphatic hydroxyl groups excluding tert-OH is 3. The first-order chi connectivity index (χ1) is 9.38. The van der Waals surface area contributed by atoms with E-state index in [0.717, 1.165) is 0 Å². The molecule has 0 saturated carbocycles.